The summed E-state index contributed by atoms with van der Waals surface area (Å²) in [6.07, 6.45) is 13.4. The predicted molar refractivity (Wildman–Crippen MR) is 83.0 cm³/mol. The second-order valence-corrected chi connectivity index (χ2v) is 6.22. The maximum atomic E-state index is 10.4. The van der Waals surface area contributed by atoms with Crippen molar-refractivity contribution < 1.29 is 4.79 Å². The number of aldehydes is 1. The van der Waals surface area contributed by atoms with Crippen LogP contribution in [-0.4, -0.2) is 6.29 Å². The van der Waals surface area contributed by atoms with Crippen molar-refractivity contribution in [2.75, 3.05) is 0 Å². The molecule has 0 aliphatic heterocycles. The molecule has 0 bridgehead atoms. The van der Waals surface area contributed by atoms with E-state index in [0.717, 1.165) is 11.9 Å². The fourth-order valence-electron chi connectivity index (χ4n) is 3.14. The molecule has 0 N–H and O–H groups in total. The van der Waals surface area contributed by atoms with Crippen LogP contribution in [0.2, 0.25) is 0 Å². The second-order valence-electron chi connectivity index (χ2n) is 6.22. The van der Waals surface area contributed by atoms with E-state index in [2.05, 4.69) is 39.8 Å². The van der Waals surface area contributed by atoms with Gasteiger partial charge in [0.2, 0.25) is 0 Å². The molecular formula is C18H26O. The maximum Gasteiger partial charge on any atom is 0.143 e. The predicted octanol–water partition coefficient (Wildman–Crippen LogP) is 5.02. The highest BCUT2D eigenvalue weighted by molar-refractivity contribution is 5.66. The largest absolute Gasteiger partial charge is 0.299 e. The summed E-state index contributed by atoms with van der Waals surface area (Å²) in [6.45, 7) is 11.1. The van der Waals surface area contributed by atoms with Crippen LogP contribution in [-0.2, 0) is 4.79 Å². The van der Waals surface area contributed by atoms with E-state index in [1.807, 2.05) is 19.1 Å². The molecule has 0 aromatic rings. The van der Waals surface area contributed by atoms with Crippen LogP contribution in [0.3, 0.4) is 0 Å². The molecule has 19 heavy (non-hydrogen) atoms. The van der Waals surface area contributed by atoms with Crippen LogP contribution in [0.1, 0.15) is 47.5 Å². The lowest BCUT2D eigenvalue weighted by Crippen LogP contribution is -2.28. The van der Waals surface area contributed by atoms with Crippen LogP contribution in [0.5, 0.6) is 0 Å². The van der Waals surface area contributed by atoms with Crippen molar-refractivity contribution in [2.45, 2.75) is 47.5 Å². The lowest BCUT2D eigenvalue weighted by Gasteiger charge is -2.39. The number of carbonyl (C=O) groups is 1. The molecule has 0 saturated heterocycles. The number of hydrogen-bond donors (Lipinski definition) is 0. The highest BCUT2D eigenvalue weighted by Gasteiger charge is 2.33. The van der Waals surface area contributed by atoms with Crippen LogP contribution < -0.4 is 0 Å². The van der Waals surface area contributed by atoms with Gasteiger partial charge in [0, 0.05) is 5.92 Å². The van der Waals surface area contributed by atoms with E-state index >= 15 is 0 Å². The molecule has 0 saturated carbocycles. The summed E-state index contributed by atoms with van der Waals surface area (Å²) in [5.41, 5.74) is 4.20. The van der Waals surface area contributed by atoms with Gasteiger partial charge in [0.1, 0.15) is 6.29 Å². The van der Waals surface area contributed by atoms with Gasteiger partial charge < -0.3 is 0 Å². The highest BCUT2D eigenvalue weighted by Crippen LogP contribution is 2.44. The van der Waals surface area contributed by atoms with Gasteiger partial charge in [0.25, 0.3) is 0 Å². The number of hydrogen-bond acceptors (Lipinski definition) is 1. The Hall–Kier alpha value is -1.37. The zero-order valence-electron chi connectivity index (χ0n) is 12.9. The van der Waals surface area contributed by atoms with Gasteiger partial charge in [-0.3, -0.25) is 4.79 Å². The summed E-state index contributed by atoms with van der Waals surface area (Å²) >= 11 is 0. The van der Waals surface area contributed by atoms with Gasteiger partial charge in [0.05, 0.1) is 0 Å². The number of allylic oxidation sites excluding steroid dienone is 8. The second kappa shape index (κ2) is 6.70. The Morgan fingerprint density at radius 3 is 2.58 bits per heavy atom. The average molecular weight is 258 g/mol. The van der Waals surface area contributed by atoms with E-state index in [1.165, 1.54) is 24.0 Å². The first-order chi connectivity index (χ1) is 8.88. The van der Waals surface area contributed by atoms with Crippen LogP contribution >= 0.6 is 0 Å². The summed E-state index contributed by atoms with van der Waals surface area (Å²) < 4.78 is 0. The van der Waals surface area contributed by atoms with Crippen molar-refractivity contribution in [3.05, 3.63) is 47.1 Å². The van der Waals surface area contributed by atoms with Gasteiger partial charge in [-0.2, -0.15) is 0 Å². The van der Waals surface area contributed by atoms with Crippen molar-refractivity contribution in [1.29, 1.82) is 0 Å². The summed E-state index contributed by atoms with van der Waals surface area (Å²) in [6, 6.07) is 0. The number of rotatable bonds is 4. The maximum absolute atomic E-state index is 10.4. The average Bonchev–Trinajstić information content (AvgIpc) is 2.27. The Morgan fingerprint density at radius 1 is 1.32 bits per heavy atom. The van der Waals surface area contributed by atoms with Gasteiger partial charge in [-0.15, -0.1) is 0 Å². The molecule has 0 heterocycles. The first-order valence-electron chi connectivity index (χ1n) is 7.02. The molecule has 1 aliphatic rings. The van der Waals surface area contributed by atoms with E-state index < -0.39 is 0 Å². The molecular weight excluding hydrogens is 232 g/mol. The summed E-state index contributed by atoms with van der Waals surface area (Å²) in [5.74, 6) is 0.529. The van der Waals surface area contributed by atoms with E-state index in [0.29, 0.717) is 11.3 Å². The number of carbonyl (C=O) groups excluding carboxylic acids is 1. The van der Waals surface area contributed by atoms with E-state index in [9.17, 15) is 4.79 Å². The Balaban J connectivity index is 2.89. The highest BCUT2D eigenvalue weighted by atomic mass is 16.1. The lowest BCUT2D eigenvalue weighted by atomic mass is 9.66. The monoisotopic (exact) mass is 258 g/mol. The molecule has 0 aromatic carbocycles. The molecule has 1 aliphatic carbocycles. The molecule has 1 unspecified atom stereocenters. The summed E-state index contributed by atoms with van der Waals surface area (Å²) in [4.78, 5) is 10.4. The third kappa shape index (κ3) is 4.34. The van der Waals surface area contributed by atoms with Crippen molar-refractivity contribution in [1.82, 2.24) is 0 Å². The molecule has 104 valence electrons. The van der Waals surface area contributed by atoms with Crippen LogP contribution in [0.25, 0.3) is 0 Å². The van der Waals surface area contributed by atoms with Crippen LogP contribution in [0.4, 0.5) is 0 Å². The Kier molecular flexibility index (Phi) is 5.53. The normalized spacial score (nSPS) is 24.5. The molecule has 0 spiro atoms. The van der Waals surface area contributed by atoms with Crippen LogP contribution in [0, 0.1) is 11.3 Å². The first-order valence-corrected chi connectivity index (χ1v) is 7.02. The minimum atomic E-state index is 0.334. The smallest absolute Gasteiger partial charge is 0.143 e. The van der Waals surface area contributed by atoms with Crippen molar-refractivity contribution in [3.8, 4) is 0 Å². The van der Waals surface area contributed by atoms with Gasteiger partial charge in [-0.05, 0) is 50.7 Å². The lowest BCUT2D eigenvalue weighted by molar-refractivity contribution is -0.104. The third-order valence-electron chi connectivity index (χ3n) is 4.00. The summed E-state index contributed by atoms with van der Waals surface area (Å²) in [5, 5.41) is 0. The zero-order valence-corrected chi connectivity index (χ0v) is 12.9. The molecule has 1 nitrogen and oxygen atoms in total. The minimum Gasteiger partial charge on any atom is -0.299 e. The minimum absolute atomic E-state index is 0.334. The molecule has 0 radical (unpaired) electrons. The fourth-order valence-corrected chi connectivity index (χ4v) is 3.14. The Bertz CT molecular complexity index is 444. The van der Waals surface area contributed by atoms with E-state index in [4.69, 9.17) is 0 Å². The van der Waals surface area contributed by atoms with Gasteiger partial charge >= 0.3 is 0 Å². The quantitative estimate of drug-likeness (QED) is 0.299. The van der Waals surface area contributed by atoms with Crippen LogP contribution in [0.15, 0.2) is 47.1 Å². The van der Waals surface area contributed by atoms with E-state index in [1.54, 1.807) is 6.08 Å². The van der Waals surface area contributed by atoms with Gasteiger partial charge in [-0.1, -0.05) is 49.3 Å². The van der Waals surface area contributed by atoms with Crippen molar-refractivity contribution in [3.63, 3.8) is 0 Å². The zero-order chi connectivity index (χ0) is 14.5. The van der Waals surface area contributed by atoms with E-state index in [-0.39, 0.29) is 0 Å². The Morgan fingerprint density at radius 2 is 2.00 bits per heavy atom. The molecule has 0 fully saturated rings. The van der Waals surface area contributed by atoms with Gasteiger partial charge in [0.15, 0.2) is 0 Å². The standard InChI is InChI=1S/C18H26O/c1-14(11-13-19)8-6-9-15(2)17-16(3)10-7-12-18(17,4)5/h6,8-11,13,17H,7,12H2,1-5H3/b8-6+,14-11+,15-9+. The van der Waals surface area contributed by atoms with Crippen molar-refractivity contribution >= 4 is 6.29 Å². The first kappa shape index (κ1) is 15.7. The summed E-state index contributed by atoms with van der Waals surface area (Å²) in [7, 11) is 0. The molecule has 1 rings (SSSR count). The molecule has 0 amide bonds. The third-order valence-corrected chi connectivity index (χ3v) is 4.00. The molecule has 1 heteroatoms. The fraction of sp³-hybridized carbons (Fsp3) is 0.500. The van der Waals surface area contributed by atoms with Crippen molar-refractivity contribution in [2.24, 2.45) is 11.3 Å². The molecule has 1 atom stereocenters. The molecule has 0 aromatic heterocycles. The topological polar surface area (TPSA) is 17.1 Å². The van der Waals surface area contributed by atoms with Gasteiger partial charge in [-0.25, -0.2) is 0 Å². The Labute approximate surface area is 117 Å². The SMILES string of the molecule is CC1=CCCC(C)(C)C1/C(C)=C/C=C/C(C)=C/C=O.